The van der Waals surface area contributed by atoms with Crippen molar-refractivity contribution in [2.75, 3.05) is 10.6 Å². The number of aromatic amines is 1. The fourth-order valence-electron chi connectivity index (χ4n) is 2.20. The number of aromatic nitrogens is 5. The van der Waals surface area contributed by atoms with Crippen molar-refractivity contribution >= 4 is 23.2 Å². The van der Waals surface area contributed by atoms with Crippen molar-refractivity contribution in [2.45, 2.75) is 33.6 Å². The molecule has 28 heavy (non-hydrogen) atoms. The van der Waals surface area contributed by atoms with Crippen LogP contribution in [0.15, 0.2) is 35.1 Å². The standard InChI is InChI=1S/C18H21N7O3/c1-18(2,3)17(27)22-12-6-4-5-11(9-12)21-13(26)7-8-14-23-16(25-28-14)15-19-10-20-24-15/h4-6,9-10H,7-8H2,1-3H3,(H,21,26)(H,22,27)(H,19,20,24). The largest absolute Gasteiger partial charge is 0.339 e. The quantitative estimate of drug-likeness (QED) is 0.594. The first-order valence-corrected chi connectivity index (χ1v) is 8.71. The number of anilines is 2. The molecule has 0 bridgehead atoms. The molecule has 0 saturated heterocycles. The summed E-state index contributed by atoms with van der Waals surface area (Å²) >= 11 is 0. The van der Waals surface area contributed by atoms with Crippen LogP contribution in [0.4, 0.5) is 11.4 Å². The lowest BCUT2D eigenvalue weighted by molar-refractivity contribution is -0.123. The fraction of sp³-hybridized carbons (Fsp3) is 0.333. The molecule has 0 saturated carbocycles. The summed E-state index contributed by atoms with van der Waals surface area (Å²) in [6.45, 7) is 5.50. The normalized spacial score (nSPS) is 11.2. The molecule has 3 rings (SSSR count). The monoisotopic (exact) mass is 383 g/mol. The molecule has 0 fully saturated rings. The van der Waals surface area contributed by atoms with Gasteiger partial charge in [0.05, 0.1) is 0 Å². The number of aryl methyl sites for hydroxylation is 1. The first kappa shape index (κ1) is 19.2. The Morgan fingerprint density at radius 1 is 1.18 bits per heavy atom. The van der Waals surface area contributed by atoms with Crippen molar-refractivity contribution in [3.8, 4) is 11.6 Å². The molecule has 146 valence electrons. The fourth-order valence-corrected chi connectivity index (χ4v) is 2.20. The van der Waals surface area contributed by atoms with Gasteiger partial charge in [0.1, 0.15) is 6.33 Å². The number of H-pyrrole nitrogens is 1. The highest BCUT2D eigenvalue weighted by Gasteiger charge is 2.21. The van der Waals surface area contributed by atoms with Crippen molar-refractivity contribution in [3.05, 3.63) is 36.5 Å². The number of carbonyl (C=O) groups is 2. The molecule has 2 heterocycles. The SMILES string of the molecule is CC(C)(C)C(=O)Nc1cccc(NC(=O)CCc2nc(-c3ncn[nH]3)no2)c1. The summed E-state index contributed by atoms with van der Waals surface area (Å²) < 4.78 is 5.11. The van der Waals surface area contributed by atoms with Gasteiger partial charge in [0.25, 0.3) is 0 Å². The topological polar surface area (TPSA) is 139 Å². The van der Waals surface area contributed by atoms with E-state index in [0.717, 1.165) is 0 Å². The Morgan fingerprint density at radius 2 is 1.93 bits per heavy atom. The van der Waals surface area contributed by atoms with Gasteiger partial charge in [-0.2, -0.15) is 10.1 Å². The van der Waals surface area contributed by atoms with Crippen LogP contribution in [0.25, 0.3) is 11.6 Å². The molecule has 10 nitrogen and oxygen atoms in total. The van der Waals surface area contributed by atoms with E-state index in [1.165, 1.54) is 6.33 Å². The second-order valence-corrected chi connectivity index (χ2v) is 7.18. The van der Waals surface area contributed by atoms with Crippen molar-refractivity contribution in [1.82, 2.24) is 25.3 Å². The van der Waals surface area contributed by atoms with Crippen LogP contribution in [0.3, 0.4) is 0 Å². The van der Waals surface area contributed by atoms with Gasteiger partial charge < -0.3 is 15.2 Å². The Bertz CT molecular complexity index is 958. The minimum Gasteiger partial charge on any atom is -0.339 e. The van der Waals surface area contributed by atoms with Gasteiger partial charge in [-0.05, 0) is 18.2 Å². The Balaban J connectivity index is 1.54. The Morgan fingerprint density at radius 3 is 2.61 bits per heavy atom. The maximum Gasteiger partial charge on any atom is 0.239 e. The number of hydrogen-bond donors (Lipinski definition) is 3. The highest BCUT2D eigenvalue weighted by Crippen LogP contribution is 2.20. The average Bonchev–Trinajstić information content (AvgIpc) is 3.31. The molecule has 2 aromatic heterocycles. The molecular formula is C18H21N7O3. The van der Waals surface area contributed by atoms with E-state index in [9.17, 15) is 9.59 Å². The molecule has 0 unspecified atom stereocenters. The van der Waals surface area contributed by atoms with Crippen LogP contribution < -0.4 is 10.6 Å². The summed E-state index contributed by atoms with van der Waals surface area (Å²) in [5.74, 6) is 0.699. The maximum absolute atomic E-state index is 12.2. The second kappa shape index (κ2) is 7.99. The van der Waals surface area contributed by atoms with E-state index in [0.29, 0.717) is 23.1 Å². The lowest BCUT2D eigenvalue weighted by Crippen LogP contribution is -2.27. The van der Waals surface area contributed by atoms with Crippen LogP contribution in [-0.4, -0.2) is 37.1 Å². The third-order valence-electron chi connectivity index (χ3n) is 3.75. The number of rotatable bonds is 6. The number of carbonyl (C=O) groups excluding carboxylic acids is 2. The van der Waals surface area contributed by atoms with E-state index in [-0.39, 0.29) is 30.5 Å². The van der Waals surface area contributed by atoms with Crippen molar-refractivity contribution in [3.63, 3.8) is 0 Å². The van der Waals surface area contributed by atoms with E-state index in [1.807, 2.05) is 20.8 Å². The molecule has 2 amide bonds. The molecular weight excluding hydrogens is 362 g/mol. The summed E-state index contributed by atoms with van der Waals surface area (Å²) in [6.07, 6.45) is 1.79. The molecule has 0 aliphatic heterocycles. The smallest absolute Gasteiger partial charge is 0.239 e. The van der Waals surface area contributed by atoms with Gasteiger partial charge in [-0.3, -0.25) is 14.7 Å². The van der Waals surface area contributed by atoms with Crippen molar-refractivity contribution < 1.29 is 14.1 Å². The highest BCUT2D eigenvalue weighted by atomic mass is 16.5. The van der Waals surface area contributed by atoms with Gasteiger partial charge in [-0.25, -0.2) is 4.98 Å². The van der Waals surface area contributed by atoms with Gasteiger partial charge in [-0.15, -0.1) is 0 Å². The van der Waals surface area contributed by atoms with Crippen molar-refractivity contribution in [1.29, 1.82) is 0 Å². The lowest BCUT2D eigenvalue weighted by Gasteiger charge is -2.18. The van der Waals surface area contributed by atoms with Crippen molar-refractivity contribution in [2.24, 2.45) is 5.41 Å². The summed E-state index contributed by atoms with van der Waals surface area (Å²) in [5, 5.41) is 15.8. The zero-order valence-corrected chi connectivity index (χ0v) is 15.8. The highest BCUT2D eigenvalue weighted by molar-refractivity contribution is 5.96. The van der Waals surface area contributed by atoms with Gasteiger partial charge in [0, 0.05) is 29.6 Å². The average molecular weight is 383 g/mol. The van der Waals surface area contributed by atoms with Gasteiger partial charge in [0.15, 0.2) is 5.82 Å². The lowest BCUT2D eigenvalue weighted by atomic mass is 9.95. The Kier molecular flexibility index (Phi) is 5.48. The number of nitrogens with zero attached hydrogens (tertiary/aromatic N) is 4. The molecule has 0 radical (unpaired) electrons. The second-order valence-electron chi connectivity index (χ2n) is 7.18. The van der Waals surface area contributed by atoms with Crippen LogP contribution >= 0.6 is 0 Å². The number of nitrogens with one attached hydrogen (secondary N) is 3. The van der Waals surface area contributed by atoms with E-state index in [2.05, 4.69) is 36.0 Å². The molecule has 1 aromatic carbocycles. The molecule has 0 aliphatic carbocycles. The third-order valence-corrected chi connectivity index (χ3v) is 3.75. The van der Waals surface area contributed by atoms with Crippen LogP contribution in [0.5, 0.6) is 0 Å². The van der Waals surface area contributed by atoms with Crippen LogP contribution in [0.1, 0.15) is 33.1 Å². The van der Waals surface area contributed by atoms with Gasteiger partial charge in [-0.1, -0.05) is 32.0 Å². The minimum atomic E-state index is -0.506. The zero-order chi connectivity index (χ0) is 20.1. The maximum atomic E-state index is 12.2. The number of benzene rings is 1. The Hall–Kier alpha value is -3.56. The summed E-state index contributed by atoms with van der Waals surface area (Å²) in [7, 11) is 0. The Labute approximate surface area is 161 Å². The number of amides is 2. The van der Waals surface area contributed by atoms with Gasteiger partial charge in [0.2, 0.25) is 23.5 Å². The first-order chi connectivity index (χ1) is 13.3. The predicted octanol–water partition coefficient (Wildman–Crippen LogP) is 2.41. The first-order valence-electron chi connectivity index (χ1n) is 8.71. The van der Waals surface area contributed by atoms with E-state index in [1.54, 1.807) is 24.3 Å². The van der Waals surface area contributed by atoms with Crippen LogP contribution in [0.2, 0.25) is 0 Å². The molecule has 3 N–H and O–H groups in total. The molecule has 10 heteroatoms. The van der Waals surface area contributed by atoms with Crippen LogP contribution in [-0.2, 0) is 16.0 Å². The van der Waals surface area contributed by atoms with E-state index in [4.69, 9.17) is 4.52 Å². The minimum absolute atomic E-state index is 0.102. The third kappa shape index (κ3) is 5.00. The predicted molar refractivity (Wildman–Crippen MR) is 101 cm³/mol. The summed E-state index contributed by atoms with van der Waals surface area (Å²) in [5.41, 5.74) is 0.698. The summed E-state index contributed by atoms with van der Waals surface area (Å²) in [4.78, 5) is 32.4. The molecule has 0 atom stereocenters. The molecule has 3 aromatic rings. The van der Waals surface area contributed by atoms with Gasteiger partial charge >= 0.3 is 0 Å². The molecule has 0 spiro atoms. The molecule has 0 aliphatic rings. The van der Waals surface area contributed by atoms with E-state index < -0.39 is 5.41 Å². The zero-order valence-electron chi connectivity index (χ0n) is 15.8. The van der Waals surface area contributed by atoms with E-state index >= 15 is 0 Å². The number of hydrogen-bond acceptors (Lipinski definition) is 7. The van der Waals surface area contributed by atoms with Crippen LogP contribution in [0, 0.1) is 5.41 Å². The summed E-state index contributed by atoms with van der Waals surface area (Å²) in [6, 6.07) is 6.98.